The molecular formula is C22H23NO5. The molecule has 0 spiro atoms. The van der Waals surface area contributed by atoms with E-state index in [1.54, 1.807) is 48.5 Å². The number of hydrogen-bond donors (Lipinski definition) is 1. The van der Waals surface area contributed by atoms with Crippen molar-refractivity contribution in [3.8, 4) is 5.75 Å². The minimum absolute atomic E-state index is 0.0801. The summed E-state index contributed by atoms with van der Waals surface area (Å²) in [6, 6.07) is 15.3. The Morgan fingerprint density at radius 1 is 1.07 bits per heavy atom. The Balaban J connectivity index is 2.10. The van der Waals surface area contributed by atoms with E-state index in [1.165, 1.54) is 12.0 Å². The highest BCUT2D eigenvalue weighted by Gasteiger charge is 2.45. The molecule has 2 aromatic carbocycles. The Hall–Kier alpha value is -3.12. The van der Waals surface area contributed by atoms with Crippen molar-refractivity contribution in [2.45, 2.75) is 13.0 Å². The Kier molecular flexibility index (Phi) is 6.11. The number of carbonyl (C=O) groups is 2. The van der Waals surface area contributed by atoms with E-state index in [4.69, 9.17) is 9.47 Å². The third-order valence-corrected chi connectivity index (χ3v) is 4.63. The molecule has 6 heteroatoms. The van der Waals surface area contributed by atoms with Crippen molar-refractivity contribution in [1.82, 2.24) is 4.90 Å². The van der Waals surface area contributed by atoms with Crippen LogP contribution >= 0.6 is 0 Å². The Morgan fingerprint density at radius 2 is 1.75 bits per heavy atom. The molecule has 2 aromatic rings. The van der Waals surface area contributed by atoms with Gasteiger partial charge in [-0.1, -0.05) is 42.5 Å². The zero-order chi connectivity index (χ0) is 20.1. The summed E-state index contributed by atoms with van der Waals surface area (Å²) < 4.78 is 10.6. The van der Waals surface area contributed by atoms with Crippen molar-refractivity contribution < 1.29 is 24.2 Å². The van der Waals surface area contributed by atoms with Gasteiger partial charge in [-0.2, -0.15) is 0 Å². The van der Waals surface area contributed by atoms with Crippen molar-refractivity contribution >= 4 is 17.4 Å². The fraction of sp³-hybridized carbons (Fsp3) is 0.273. The summed E-state index contributed by atoms with van der Waals surface area (Å²) in [5.41, 5.74) is 1.29. The molecule has 1 saturated heterocycles. The van der Waals surface area contributed by atoms with Gasteiger partial charge < -0.3 is 19.5 Å². The molecule has 1 heterocycles. The van der Waals surface area contributed by atoms with Crippen LogP contribution in [0.25, 0.3) is 5.76 Å². The van der Waals surface area contributed by atoms with Crippen LogP contribution in [0.15, 0.2) is 60.2 Å². The molecule has 3 rings (SSSR count). The van der Waals surface area contributed by atoms with Crippen LogP contribution in [0.1, 0.15) is 24.1 Å². The average Bonchev–Trinajstić information content (AvgIpc) is 2.98. The average molecular weight is 381 g/mol. The first-order valence-corrected chi connectivity index (χ1v) is 9.14. The number of carbonyl (C=O) groups excluding carboxylic acids is 2. The maximum absolute atomic E-state index is 12.8. The lowest BCUT2D eigenvalue weighted by Crippen LogP contribution is -2.32. The second kappa shape index (κ2) is 8.71. The molecule has 0 saturated carbocycles. The third-order valence-electron chi connectivity index (χ3n) is 4.63. The second-order valence-electron chi connectivity index (χ2n) is 6.35. The van der Waals surface area contributed by atoms with Crippen LogP contribution < -0.4 is 4.74 Å². The summed E-state index contributed by atoms with van der Waals surface area (Å²) in [6.45, 7) is 2.96. The highest BCUT2D eigenvalue weighted by molar-refractivity contribution is 6.46. The molecule has 1 aliphatic rings. The van der Waals surface area contributed by atoms with Gasteiger partial charge in [-0.3, -0.25) is 9.59 Å². The first-order valence-electron chi connectivity index (χ1n) is 9.14. The van der Waals surface area contributed by atoms with Gasteiger partial charge >= 0.3 is 0 Å². The molecule has 6 nitrogen and oxygen atoms in total. The molecular weight excluding hydrogens is 358 g/mol. The molecule has 146 valence electrons. The van der Waals surface area contributed by atoms with Gasteiger partial charge in [0.2, 0.25) is 0 Å². The minimum Gasteiger partial charge on any atom is -0.507 e. The molecule has 1 fully saturated rings. The Labute approximate surface area is 164 Å². The van der Waals surface area contributed by atoms with Gasteiger partial charge in [0.05, 0.1) is 24.8 Å². The molecule has 1 atom stereocenters. The zero-order valence-corrected chi connectivity index (χ0v) is 15.9. The van der Waals surface area contributed by atoms with E-state index in [1.807, 2.05) is 13.0 Å². The number of ketones is 1. The maximum atomic E-state index is 12.8. The molecule has 1 aliphatic heterocycles. The van der Waals surface area contributed by atoms with E-state index < -0.39 is 17.7 Å². The molecule has 28 heavy (non-hydrogen) atoms. The molecule has 0 aliphatic carbocycles. The second-order valence-corrected chi connectivity index (χ2v) is 6.35. The predicted molar refractivity (Wildman–Crippen MR) is 105 cm³/mol. The lowest BCUT2D eigenvalue weighted by molar-refractivity contribution is -0.140. The third kappa shape index (κ3) is 3.77. The van der Waals surface area contributed by atoms with Crippen LogP contribution in [-0.2, 0) is 14.3 Å². The van der Waals surface area contributed by atoms with Crippen LogP contribution in [0, 0.1) is 0 Å². The van der Waals surface area contributed by atoms with Gasteiger partial charge in [-0.15, -0.1) is 0 Å². The van der Waals surface area contributed by atoms with Crippen molar-refractivity contribution in [3.63, 3.8) is 0 Å². The number of benzene rings is 2. The topological polar surface area (TPSA) is 76.1 Å². The number of methoxy groups -OCH3 is 1. The number of amides is 1. The molecule has 1 N–H and O–H groups in total. The normalized spacial score (nSPS) is 18.5. The summed E-state index contributed by atoms with van der Waals surface area (Å²) in [7, 11) is 1.53. The number of aliphatic hydroxyl groups excluding tert-OH is 1. The number of Topliss-reactive ketones (excluding diaryl/α,β-unsaturated/α-hetero) is 1. The predicted octanol–water partition coefficient (Wildman–Crippen LogP) is 3.15. The van der Waals surface area contributed by atoms with E-state index in [0.717, 1.165) is 5.56 Å². The van der Waals surface area contributed by atoms with E-state index in [9.17, 15) is 14.7 Å². The van der Waals surface area contributed by atoms with Gasteiger partial charge in [0.1, 0.15) is 11.5 Å². The van der Waals surface area contributed by atoms with Gasteiger partial charge in [-0.25, -0.2) is 0 Å². The summed E-state index contributed by atoms with van der Waals surface area (Å²) in [5.74, 6) is -0.828. The lowest BCUT2D eigenvalue weighted by atomic mass is 9.95. The monoisotopic (exact) mass is 381 g/mol. The van der Waals surface area contributed by atoms with Gasteiger partial charge in [0.15, 0.2) is 0 Å². The number of ether oxygens (including phenoxy) is 2. The first kappa shape index (κ1) is 19.6. The van der Waals surface area contributed by atoms with Crippen LogP contribution in [0.2, 0.25) is 0 Å². The van der Waals surface area contributed by atoms with Crippen molar-refractivity contribution in [3.05, 3.63) is 71.3 Å². The Morgan fingerprint density at radius 3 is 2.36 bits per heavy atom. The van der Waals surface area contributed by atoms with E-state index in [0.29, 0.717) is 17.9 Å². The van der Waals surface area contributed by atoms with Crippen molar-refractivity contribution in [2.75, 3.05) is 26.9 Å². The van der Waals surface area contributed by atoms with Crippen LogP contribution in [-0.4, -0.2) is 48.6 Å². The van der Waals surface area contributed by atoms with Crippen LogP contribution in [0.5, 0.6) is 5.75 Å². The number of nitrogens with zero attached hydrogens (tertiary/aromatic N) is 1. The molecule has 0 aromatic heterocycles. The standard InChI is InChI=1S/C22H23NO5/c1-3-28-17-11-9-15(10-12-17)19-18(20(24)16-7-5-4-6-8-16)21(25)22(26)23(19)13-14-27-2/h4-12,19,24H,3,13-14H2,1-2H3/t19-/m1/s1. The van der Waals surface area contributed by atoms with Crippen molar-refractivity contribution in [1.29, 1.82) is 0 Å². The maximum Gasteiger partial charge on any atom is 0.295 e. The highest BCUT2D eigenvalue weighted by atomic mass is 16.5. The number of rotatable bonds is 7. The summed E-state index contributed by atoms with van der Waals surface area (Å²) >= 11 is 0. The van der Waals surface area contributed by atoms with Gasteiger partial charge in [-0.05, 0) is 24.6 Å². The van der Waals surface area contributed by atoms with Gasteiger partial charge in [0.25, 0.3) is 11.7 Å². The van der Waals surface area contributed by atoms with Crippen molar-refractivity contribution in [2.24, 2.45) is 0 Å². The smallest absolute Gasteiger partial charge is 0.295 e. The van der Waals surface area contributed by atoms with Crippen LogP contribution in [0.3, 0.4) is 0 Å². The van der Waals surface area contributed by atoms with E-state index >= 15 is 0 Å². The quantitative estimate of drug-likeness (QED) is 0.453. The summed E-state index contributed by atoms with van der Waals surface area (Å²) in [6.07, 6.45) is 0. The molecule has 0 radical (unpaired) electrons. The number of likely N-dealkylation sites (tertiary alicyclic amines) is 1. The fourth-order valence-corrected chi connectivity index (χ4v) is 3.31. The largest absolute Gasteiger partial charge is 0.507 e. The lowest BCUT2D eigenvalue weighted by Gasteiger charge is -2.25. The Bertz CT molecular complexity index is 874. The zero-order valence-electron chi connectivity index (χ0n) is 15.9. The van der Waals surface area contributed by atoms with E-state index in [2.05, 4.69) is 0 Å². The minimum atomic E-state index is -0.698. The summed E-state index contributed by atoms with van der Waals surface area (Å²) in [5, 5.41) is 10.8. The van der Waals surface area contributed by atoms with Crippen LogP contribution in [0.4, 0.5) is 0 Å². The molecule has 0 bridgehead atoms. The number of aliphatic hydroxyl groups is 1. The number of hydrogen-bond acceptors (Lipinski definition) is 5. The van der Waals surface area contributed by atoms with Gasteiger partial charge in [0, 0.05) is 19.2 Å². The van der Waals surface area contributed by atoms with E-state index in [-0.39, 0.29) is 24.5 Å². The summed E-state index contributed by atoms with van der Waals surface area (Å²) in [4.78, 5) is 26.9. The molecule has 1 amide bonds. The first-order chi connectivity index (χ1) is 13.6. The SMILES string of the molecule is CCOc1ccc([C@@H]2C(=C(O)c3ccccc3)C(=O)C(=O)N2CCOC)cc1. The molecule has 0 unspecified atom stereocenters. The fourth-order valence-electron chi connectivity index (χ4n) is 3.31. The highest BCUT2D eigenvalue weighted by Crippen LogP contribution is 2.39.